The molecule has 27 heavy (non-hydrogen) atoms. The molecule has 0 spiro atoms. The van der Waals surface area contributed by atoms with Gasteiger partial charge in [-0.2, -0.15) is 5.10 Å². The first-order valence-electron chi connectivity index (χ1n) is 10.1. The molecular weight excluding hydrogens is 336 g/mol. The number of rotatable bonds is 6. The van der Waals surface area contributed by atoms with Crippen LogP contribution in [-0.4, -0.2) is 40.2 Å². The van der Waals surface area contributed by atoms with Crippen LogP contribution in [0.1, 0.15) is 60.4 Å². The van der Waals surface area contributed by atoms with Crippen molar-refractivity contribution in [1.82, 2.24) is 14.7 Å². The maximum absolute atomic E-state index is 13.1. The van der Waals surface area contributed by atoms with Gasteiger partial charge in [0, 0.05) is 30.9 Å². The Kier molecular flexibility index (Phi) is 6.00. The van der Waals surface area contributed by atoms with Crippen LogP contribution in [0.25, 0.3) is 5.69 Å². The van der Waals surface area contributed by atoms with Crippen LogP contribution < -0.4 is 5.73 Å². The second kappa shape index (κ2) is 8.26. The molecule has 146 valence electrons. The third-order valence-electron chi connectivity index (χ3n) is 5.66. The predicted octanol–water partition coefficient (Wildman–Crippen LogP) is 3.50. The van der Waals surface area contributed by atoms with Gasteiger partial charge >= 0.3 is 0 Å². The largest absolute Gasteiger partial charge is 0.340 e. The molecule has 0 saturated carbocycles. The lowest BCUT2D eigenvalue weighted by atomic mass is 9.95. The maximum atomic E-state index is 13.1. The number of hydrogen-bond acceptors (Lipinski definition) is 3. The molecule has 1 aliphatic carbocycles. The monoisotopic (exact) mass is 368 g/mol. The van der Waals surface area contributed by atoms with Crippen molar-refractivity contribution in [2.75, 3.05) is 13.6 Å². The quantitative estimate of drug-likeness (QED) is 0.849. The second-order valence-corrected chi connectivity index (χ2v) is 8.15. The Morgan fingerprint density at radius 3 is 2.56 bits per heavy atom. The van der Waals surface area contributed by atoms with Gasteiger partial charge in [0.15, 0.2) is 5.69 Å². The molecule has 1 unspecified atom stereocenters. The van der Waals surface area contributed by atoms with Crippen LogP contribution in [0.5, 0.6) is 0 Å². The molecule has 1 atom stereocenters. The Hall–Kier alpha value is -2.14. The van der Waals surface area contributed by atoms with Gasteiger partial charge in [0.25, 0.3) is 5.91 Å². The van der Waals surface area contributed by atoms with E-state index < -0.39 is 0 Å². The molecule has 3 rings (SSSR count). The summed E-state index contributed by atoms with van der Waals surface area (Å²) in [4.78, 5) is 14.9. The van der Waals surface area contributed by atoms with Crippen LogP contribution in [0.15, 0.2) is 24.3 Å². The number of nitrogens with zero attached hydrogens (tertiary/aromatic N) is 3. The van der Waals surface area contributed by atoms with E-state index >= 15 is 0 Å². The van der Waals surface area contributed by atoms with E-state index in [1.807, 2.05) is 11.7 Å². The van der Waals surface area contributed by atoms with Gasteiger partial charge in [-0.15, -0.1) is 0 Å². The van der Waals surface area contributed by atoms with Gasteiger partial charge < -0.3 is 10.6 Å². The normalized spacial score (nSPS) is 14.9. The van der Waals surface area contributed by atoms with Gasteiger partial charge in [0.2, 0.25) is 0 Å². The number of nitrogens with two attached hydrogens (primary N) is 1. The minimum Gasteiger partial charge on any atom is -0.340 e. The summed E-state index contributed by atoms with van der Waals surface area (Å²) in [5.74, 6) is 0.428. The number of carbonyl (C=O) groups is 1. The van der Waals surface area contributed by atoms with Crippen LogP contribution in [0.4, 0.5) is 0 Å². The van der Waals surface area contributed by atoms with E-state index in [0.29, 0.717) is 18.2 Å². The molecule has 0 bridgehead atoms. The summed E-state index contributed by atoms with van der Waals surface area (Å²) < 4.78 is 1.98. The molecule has 2 N–H and O–H groups in total. The van der Waals surface area contributed by atoms with Crippen molar-refractivity contribution < 1.29 is 4.79 Å². The highest BCUT2D eigenvalue weighted by atomic mass is 16.2. The van der Waals surface area contributed by atoms with Gasteiger partial charge in [0.05, 0.1) is 5.69 Å². The molecule has 1 aromatic heterocycles. The number of amides is 1. The summed E-state index contributed by atoms with van der Waals surface area (Å²) >= 11 is 0. The average molecular weight is 369 g/mol. The zero-order valence-corrected chi connectivity index (χ0v) is 17.0. The van der Waals surface area contributed by atoms with Crippen LogP contribution in [0.3, 0.4) is 0 Å². The Labute approximate surface area is 162 Å². The summed E-state index contributed by atoms with van der Waals surface area (Å²) in [6.07, 6.45) is 4.99. The fourth-order valence-electron chi connectivity index (χ4n) is 3.63. The molecule has 0 fully saturated rings. The lowest BCUT2D eigenvalue weighted by molar-refractivity contribution is 0.0781. The van der Waals surface area contributed by atoms with E-state index in [0.717, 1.165) is 43.4 Å². The number of hydrogen-bond donors (Lipinski definition) is 1. The molecule has 1 heterocycles. The van der Waals surface area contributed by atoms with Gasteiger partial charge in [-0.05, 0) is 57.1 Å². The molecule has 5 nitrogen and oxygen atoms in total. The molecule has 0 aliphatic heterocycles. The third-order valence-corrected chi connectivity index (χ3v) is 5.66. The third kappa shape index (κ3) is 4.24. The predicted molar refractivity (Wildman–Crippen MR) is 109 cm³/mol. The fourth-order valence-corrected chi connectivity index (χ4v) is 3.63. The number of aryl methyl sites for hydroxylation is 1. The highest BCUT2D eigenvalue weighted by Gasteiger charge is 2.27. The van der Waals surface area contributed by atoms with Crippen molar-refractivity contribution >= 4 is 5.91 Å². The Morgan fingerprint density at radius 2 is 1.89 bits per heavy atom. The minimum atomic E-state index is 0.00923. The number of benzene rings is 1. The van der Waals surface area contributed by atoms with Crippen molar-refractivity contribution in [3.63, 3.8) is 0 Å². The van der Waals surface area contributed by atoms with Crippen LogP contribution in [0, 0.1) is 12.8 Å². The SMILES string of the molecule is Cc1ccc(-n2nc(C(=O)N(C)CCC(N)C(C)C)c3c2CCCC3)cc1. The van der Waals surface area contributed by atoms with E-state index in [9.17, 15) is 4.79 Å². The van der Waals surface area contributed by atoms with E-state index in [2.05, 4.69) is 45.0 Å². The van der Waals surface area contributed by atoms with Gasteiger partial charge in [-0.25, -0.2) is 4.68 Å². The fraction of sp³-hybridized carbons (Fsp3) is 0.545. The molecule has 1 amide bonds. The lowest BCUT2D eigenvalue weighted by Crippen LogP contribution is -2.35. The summed E-state index contributed by atoms with van der Waals surface area (Å²) in [6, 6.07) is 8.45. The standard InChI is InChI=1S/C22H32N4O/c1-15(2)19(23)13-14-25(4)22(27)21-18-7-5-6-8-20(18)26(24-21)17-11-9-16(3)10-12-17/h9-12,15,19H,5-8,13-14,23H2,1-4H3. The zero-order valence-electron chi connectivity index (χ0n) is 17.0. The Morgan fingerprint density at radius 1 is 1.22 bits per heavy atom. The second-order valence-electron chi connectivity index (χ2n) is 8.15. The van der Waals surface area contributed by atoms with E-state index in [-0.39, 0.29) is 11.9 Å². The molecule has 1 aliphatic rings. The van der Waals surface area contributed by atoms with Crippen LogP contribution in [0.2, 0.25) is 0 Å². The molecule has 5 heteroatoms. The zero-order chi connectivity index (χ0) is 19.6. The summed E-state index contributed by atoms with van der Waals surface area (Å²) in [5.41, 5.74) is 11.3. The molecular formula is C22H32N4O. The van der Waals surface area contributed by atoms with Gasteiger partial charge in [-0.1, -0.05) is 31.5 Å². The summed E-state index contributed by atoms with van der Waals surface area (Å²) in [7, 11) is 1.86. The molecule has 1 aromatic carbocycles. The maximum Gasteiger partial charge on any atom is 0.274 e. The molecule has 2 aromatic rings. The van der Waals surface area contributed by atoms with Crippen molar-refractivity contribution in [3.05, 3.63) is 46.8 Å². The first-order chi connectivity index (χ1) is 12.9. The Bertz CT molecular complexity index is 791. The van der Waals surface area contributed by atoms with Crippen LogP contribution >= 0.6 is 0 Å². The molecule has 0 radical (unpaired) electrons. The van der Waals surface area contributed by atoms with Crippen molar-refractivity contribution in [1.29, 1.82) is 0 Å². The van der Waals surface area contributed by atoms with Gasteiger partial charge in [-0.3, -0.25) is 4.79 Å². The number of fused-ring (bicyclic) bond motifs is 1. The van der Waals surface area contributed by atoms with Crippen molar-refractivity contribution in [2.24, 2.45) is 11.7 Å². The first-order valence-corrected chi connectivity index (χ1v) is 10.1. The number of carbonyl (C=O) groups excluding carboxylic acids is 1. The highest BCUT2D eigenvalue weighted by molar-refractivity contribution is 5.94. The summed E-state index contributed by atoms with van der Waals surface area (Å²) in [5, 5.41) is 4.77. The van der Waals surface area contributed by atoms with Crippen molar-refractivity contribution in [2.45, 2.75) is 58.9 Å². The number of aromatic nitrogens is 2. The van der Waals surface area contributed by atoms with E-state index in [4.69, 9.17) is 10.8 Å². The average Bonchev–Trinajstić information content (AvgIpc) is 3.05. The van der Waals surface area contributed by atoms with E-state index in [1.54, 1.807) is 4.90 Å². The minimum absolute atomic E-state index is 0.00923. The topological polar surface area (TPSA) is 64.2 Å². The lowest BCUT2D eigenvalue weighted by Gasteiger charge is -2.21. The molecule has 0 saturated heterocycles. The highest BCUT2D eigenvalue weighted by Crippen LogP contribution is 2.28. The van der Waals surface area contributed by atoms with Gasteiger partial charge in [0.1, 0.15) is 0 Å². The first kappa shape index (κ1) is 19.6. The van der Waals surface area contributed by atoms with Crippen LogP contribution in [-0.2, 0) is 12.8 Å². The Balaban J connectivity index is 1.87. The van der Waals surface area contributed by atoms with E-state index in [1.165, 1.54) is 11.3 Å². The van der Waals surface area contributed by atoms with Crippen molar-refractivity contribution in [3.8, 4) is 5.69 Å². The smallest absolute Gasteiger partial charge is 0.274 e. The summed E-state index contributed by atoms with van der Waals surface area (Å²) in [6.45, 7) is 6.97.